The molecule has 0 bridgehead atoms. The first-order valence-corrected chi connectivity index (χ1v) is 7.04. The van der Waals surface area contributed by atoms with E-state index in [0.717, 1.165) is 38.4 Å². The smallest absolute Gasteiger partial charge is 0.121 e. The highest BCUT2D eigenvalue weighted by atomic mass is 35.5. The molecule has 1 nitrogen and oxygen atoms in total. The van der Waals surface area contributed by atoms with E-state index < -0.39 is 4.33 Å². The molecule has 0 atom stereocenters. The van der Waals surface area contributed by atoms with Crippen molar-refractivity contribution in [1.29, 1.82) is 0 Å². The van der Waals surface area contributed by atoms with Gasteiger partial charge in [-0.1, -0.05) is 39.0 Å². The lowest BCUT2D eigenvalue weighted by Crippen LogP contribution is -2.19. The number of halogens is 2. The molecule has 0 aliphatic carbocycles. The van der Waals surface area contributed by atoms with Crippen LogP contribution in [0.4, 0.5) is 0 Å². The normalized spacial score (nSPS) is 21.2. The predicted octanol–water partition coefficient (Wildman–Crippen LogP) is 5.07. The fourth-order valence-electron chi connectivity index (χ4n) is 2.02. The third-order valence-corrected chi connectivity index (χ3v) is 3.55. The summed E-state index contributed by atoms with van der Waals surface area (Å²) in [5.74, 6) is 0. The molecule has 1 aliphatic heterocycles. The maximum absolute atomic E-state index is 6.23. The predicted molar refractivity (Wildman–Crippen MR) is 70.5 cm³/mol. The zero-order valence-electron chi connectivity index (χ0n) is 9.94. The largest absolute Gasteiger partial charge is 0.372 e. The van der Waals surface area contributed by atoms with Crippen molar-refractivity contribution in [3.05, 3.63) is 13.0 Å². The van der Waals surface area contributed by atoms with Gasteiger partial charge in [0.2, 0.25) is 0 Å². The Labute approximate surface area is 110 Å². The molecule has 0 aromatic heterocycles. The molecule has 0 aromatic carbocycles. The minimum absolute atomic E-state index is 0.658. The highest BCUT2D eigenvalue weighted by molar-refractivity contribution is 6.48. The molecule has 1 fully saturated rings. The van der Waals surface area contributed by atoms with E-state index in [0.29, 0.717) is 6.42 Å². The molecule has 0 unspecified atom stereocenters. The van der Waals surface area contributed by atoms with Crippen molar-refractivity contribution in [1.82, 2.24) is 0 Å². The monoisotopic (exact) mass is 264 g/mol. The van der Waals surface area contributed by atoms with E-state index in [1.165, 1.54) is 25.7 Å². The second-order valence-corrected chi connectivity index (χ2v) is 6.18. The first-order valence-electron chi connectivity index (χ1n) is 6.28. The van der Waals surface area contributed by atoms with Crippen molar-refractivity contribution in [2.75, 3.05) is 6.61 Å². The van der Waals surface area contributed by atoms with E-state index in [1.54, 1.807) is 0 Å². The number of hydrogen-bond acceptors (Lipinski definition) is 1. The fourth-order valence-corrected chi connectivity index (χ4v) is 2.58. The molecule has 0 N–H and O–H groups in total. The van der Waals surface area contributed by atoms with Crippen molar-refractivity contribution in [3.8, 4) is 0 Å². The first-order chi connectivity index (χ1) is 7.64. The highest BCUT2D eigenvalue weighted by Crippen LogP contribution is 2.37. The lowest BCUT2D eigenvalue weighted by molar-refractivity contribution is 0.122. The van der Waals surface area contributed by atoms with Crippen LogP contribution in [0.2, 0.25) is 0 Å². The summed E-state index contributed by atoms with van der Waals surface area (Å²) in [7, 11) is 0. The van der Waals surface area contributed by atoms with Gasteiger partial charge in [0.15, 0.2) is 0 Å². The Kier molecular flexibility index (Phi) is 7.11. The molecule has 3 heteroatoms. The molecule has 2 radical (unpaired) electrons. The minimum atomic E-state index is -0.689. The van der Waals surface area contributed by atoms with Crippen LogP contribution in [-0.2, 0) is 4.74 Å². The Morgan fingerprint density at radius 1 is 1.12 bits per heavy atom. The average Bonchev–Trinajstić information content (AvgIpc) is 2.31. The molecule has 0 spiro atoms. The van der Waals surface area contributed by atoms with Gasteiger partial charge in [-0.05, 0) is 19.3 Å². The maximum Gasteiger partial charge on any atom is 0.121 e. The molecule has 1 rings (SSSR count). The highest BCUT2D eigenvalue weighted by Gasteiger charge is 2.28. The minimum Gasteiger partial charge on any atom is -0.372 e. The topological polar surface area (TPSA) is 9.23 Å². The van der Waals surface area contributed by atoms with Crippen LogP contribution >= 0.6 is 23.2 Å². The Hall–Kier alpha value is 0.540. The summed E-state index contributed by atoms with van der Waals surface area (Å²) in [4.78, 5) is 0. The molecule has 0 saturated carbocycles. The second kappa shape index (κ2) is 7.79. The second-order valence-electron chi connectivity index (χ2n) is 4.54. The standard InChI is InChI=1S/C13H22Cl2O/c1-2-9-13(14,15)11-12-8-6-4-3-5-7-10-16-12/h1-11H2. The quantitative estimate of drug-likeness (QED) is 0.645. The molecule has 16 heavy (non-hydrogen) atoms. The van der Waals surface area contributed by atoms with Crippen LogP contribution < -0.4 is 0 Å². The van der Waals surface area contributed by atoms with Gasteiger partial charge in [-0.15, -0.1) is 23.2 Å². The zero-order chi connectivity index (χ0) is 11.9. The Balaban J connectivity index is 2.36. The molecular weight excluding hydrogens is 243 g/mol. The van der Waals surface area contributed by atoms with E-state index in [2.05, 4.69) is 6.92 Å². The molecule has 94 valence electrons. The summed E-state index contributed by atoms with van der Waals surface area (Å²) in [5, 5.41) is 0. The van der Waals surface area contributed by atoms with E-state index in [1.807, 2.05) is 0 Å². The van der Waals surface area contributed by atoms with E-state index in [-0.39, 0.29) is 0 Å². The molecule has 1 heterocycles. The van der Waals surface area contributed by atoms with Crippen LogP contribution in [0.15, 0.2) is 0 Å². The first kappa shape index (κ1) is 14.6. The third kappa shape index (κ3) is 6.32. The van der Waals surface area contributed by atoms with Crippen molar-refractivity contribution in [2.24, 2.45) is 0 Å². The number of ether oxygens (including phenoxy) is 1. The summed E-state index contributed by atoms with van der Waals surface area (Å²) < 4.78 is 5.08. The Morgan fingerprint density at radius 2 is 1.81 bits per heavy atom. The van der Waals surface area contributed by atoms with Gasteiger partial charge >= 0.3 is 0 Å². The van der Waals surface area contributed by atoms with Crippen LogP contribution in [0.25, 0.3) is 0 Å². The molecule has 1 saturated heterocycles. The average molecular weight is 265 g/mol. The van der Waals surface area contributed by atoms with Crippen LogP contribution in [0.1, 0.15) is 57.8 Å². The van der Waals surface area contributed by atoms with Crippen molar-refractivity contribution < 1.29 is 4.74 Å². The van der Waals surface area contributed by atoms with Crippen LogP contribution in [-0.4, -0.2) is 10.9 Å². The molecule has 0 aromatic rings. The maximum atomic E-state index is 6.23. The number of hydrogen-bond donors (Lipinski definition) is 0. The summed E-state index contributed by atoms with van der Waals surface area (Å²) in [5.41, 5.74) is 0. The van der Waals surface area contributed by atoms with Gasteiger partial charge in [0.25, 0.3) is 0 Å². The van der Waals surface area contributed by atoms with Gasteiger partial charge in [0.1, 0.15) is 4.33 Å². The van der Waals surface area contributed by atoms with Crippen molar-refractivity contribution >= 4 is 23.2 Å². The SMILES string of the molecule is [CH2]CCC(Cl)(Cl)C[C]1CCCCCCCO1. The number of alkyl halides is 2. The van der Waals surface area contributed by atoms with E-state index in [9.17, 15) is 0 Å². The lowest BCUT2D eigenvalue weighted by Gasteiger charge is -2.24. The van der Waals surface area contributed by atoms with Gasteiger partial charge in [-0.2, -0.15) is 0 Å². The van der Waals surface area contributed by atoms with Crippen LogP contribution in [0, 0.1) is 13.0 Å². The van der Waals surface area contributed by atoms with Crippen molar-refractivity contribution in [2.45, 2.75) is 62.1 Å². The van der Waals surface area contributed by atoms with Gasteiger partial charge in [0, 0.05) is 13.0 Å². The van der Waals surface area contributed by atoms with Crippen LogP contribution in [0.5, 0.6) is 0 Å². The third-order valence-electron chi connectivity index (χ3n) is 2.90. The van der Waals surface area contributed by atoms with Crippen molar-refractivity contribution in [3.63, 3.8) is 0 Å². The summed E-state index contributed by atoms with van der Waals surface area (Å²) in [6, 6.07) is 0. The van der Waals surface area contributed by atoms with Gasteiger partial charge in [0.05, 0.1) is 6.10 Å². The fraction of sp³-hybridized carbons (Fsp3) is 0.846. The molecular formula is C13H22Cl2O. The lowest BCUT2D eigenvalue weighted by atomic mass is 10.0. The Bertz CT molecular complexity index is 173. The van der Waals surface area contributed by atoms with E-state index >= 15 is 0 Å². The van der Waals surface area contributed by atoms with Gasteiger partial charge in [-0.25, -0.2) is 0 Å². The number of rotatable bonds is 4. The van der Waals surface area contributed by atoms with Crippen LogP contribution in [0.3, 0.4) is 0 Å². The zero-order valence-corrected chi connectivity index (χ0v) is 11.5. The summed E-state index contributed by atoms with van der Waals surface area (Å²) in [6.45, 7) is 4.62. The Morgan fingerprint density at radius 3 is 2.56 bits per heavy atom. The molecule has 1 aliphatic rings. The molecule has 0 amide bonds. The summed E-state index contributed by atoms with van der Waals surface area (Å²) in [6.07, 6.45) is 10.5. The van der Waals surface area contributed by atoms with Gasteiger partial charge in [-0.3, -0.25) is 0 Å². The summed E-state index contributed by atoms with van der Waals surface area (Å²) >= 11 is 12.5. The van der Waals surface area contributed by atoms with E-state index in [4.69, 9.17) is 27.9 Å². The van der Waals surface area contributed by atoms with Gasteiger partial charge < -0.3 is 4.74 Å².